The Morgan fingerprint density at radius 2 is 0.808 bits per heavy atom. The van der Waals surface area contributed by atoms with Crippen molar-refractivity contribution in [2.24, 2.45) is 0 Å². The highest BCUT2D eigenvalue weighted by atomic mass is 16.5. The molecule has 1 nitrogen and oxygen atoms in total. The normalized spacial score (nSPS) is 12.6. The summed E-state index contributed by atoms with van der Waals surface area (Å²) in [4.78, 5) is 0. The minimum atomic E-state index is 0.471. The third-order valence-corrected chi connectivity index (χ3v) is 5.61. The molecule has 0 heterocycles. The summed E-state index contributed by atoms with van der Waals surface area (Å²) in [6.07, 6.45) is 28.5. The predicted octanol–water partition coefficient (Wildman–Crippen LogP) is 9.23. The van der Waals surface area contributed by atoms with Crippen molar-refractivity contribution in [2.75, 3.05) is 6.61 Å². The van der Waals surface area contributed by atoms with E-state index in [-0.39, 0.29) is 0 Å². The Morgan fingerprint density at radius 1 is 0.462 bits per heavy atom. The Kier molecular flexibility index (Phi) is 23.0. The molecule has 158 valence electrons. The first-order valence-electron chi connectivity index (χ1n) is 12.4. The molecule has 0 aliphatic carbocycles. The molecule has 1 atom stereocenters. The SMILES string of the molecule is CCCCCCCCCCCCCCC(C)OCCCCCCCCC. The average molecular weight is 369 g/mol. The van der Waals surface area contributed by atoms with Gasteiger partial charge in [0.15, 0.2) is 0 Å². The second kappa shape index (κ2) is 23.0. The van der Waals surface area contributed by atoms with Crippen LogP contribution in [0.4, 0.5) is 0 Å². The maximum atomic E-state index is 5.97. The van der Waals surface area contributed by atoms with Crippen molar-refractivity contribution in [3.63, 3.8) is 0 Å². The maximum Gasteiger partial charge on any atom is 0.0547 e. The molecule has 1 unspecified atom stereocenters. The van der Waals surface area contributed by atoms with Gasteiger partial charge in [0.1, 0.15) is 0 Å². The summed E-state index contributed by atoms with van der Waals surface area (Å²) in [7, 11) is 0. The van der Waals surface area contributed by atoms with Gasteiger partial charge in [0.25, 0.3) is 0 Å². The zero-order valence-corrected chi connectivity index (χ0v) is 18.8. The van der Waals surface area contributed by atoms with E-state index in [2.05, 4.69) is 20.8 Å². The van der Waals surface area contributed by atoms with Crippen LogP contribution in [0, 0.1) is 0 Å². The molecule has 0 rings (SSSR count). The molecule has 0 saturated heterocycles. The Labute approximate surface area is 167 Å². The van der Waals surface area contributed by atoms with E-state index < -0.39 is 0 Å². The fourth-order valence-electron chi connectivity index (χ4n) is 3.70. The van der Waals surface area contributed by atoms with Gasteiger partial charge >= 0.3 is 0 Å². The van der Waals surface area contributed by atoms with Crippen molar-refractivity contribution in [1.82, 2.24) is 0 Å². The molecule has 0 amide bonds. The Morgan fingerprint density at radius 3 is 1.23 bits per heavy atom. The minimum absolute atomic E-state index is 0.471. The largest absolute Gasteiger partial charge is 0.379 e. The Bertz CT molecular complexity index is 238. The van der Waals surface area contributed by atoms with Crippen LogP contribution in [0.1, 0.15) is 149 Å². The highest BCUT2D eigenvalue weighted by Crippen LogP contribution is 2.14. The van der Waals surface area contributed by atoms with Gasteiger partial charge < -0.3 is 4.74 Å². The first-order chi connectivity index (χ1) is 12.8. The smallest absolute Gasteiger partial charge is 0.0547 e. The van der Waals surface area contributed by atoms with Gasteiger partial charge in [0.2, 0.25) is 0 Å². The van der Waals surface area contributed by atoms with Crippen molar-refractivity contribution in [1.29, 1.82) is 0 Å². The molecule has 0 spiro atoms. The molecule has 0 radical (unpaired) electrons. The summed E-state index contributed by atoms with van der Waals surface area (Å²) < 4.78 is 5.97. The first-order valence-corrected chi connectivity index (χ1v) is 12.4. The van der Waals surface area contributed by atoms with Crippen LogP contribution in [0.25, 0.3) is 0 Å². The molecule has 0 aromatic carbocycles. The van der Waals surface area contributed by atoms with Crippen molar-refractivity contribution >= 4 is 0 Å². The molecular formula is C25H52O. The third kappa shape index (κ3) is 22.0. The Balaban J connectivity index is 3.11. The average Bonchev–Trinajstić information content (AvgIpc) is 2.65. The summed E-state index contributed by atoms with van der Waals surface area (Å²) in [6, 6.07) is 0. The van der Waals surface area contributed by atoms with Gasteiger partial charge in [-0.05, 0) is 19.8 Å². The molecular weight excluding hydrogens is 316 g/mol. The van der Waals surface area contributed by atoms with Crippen LogP contribution in [-0.2, 0) is 4.74 Å². The Hall–Kier alpha value is -0.0400. The van der Waals surface area contributed by atoms with Crippen LogP contribution in [0.15, 0.2) is 0 Å². The third-order valence-electron chi connectivity index (χ3n) is 5.61. The van der Waals surface area contributed by atoms with Gasteiger partial charge in [-0.3, -0.25) is 0 Å². The van der Waals surface area contributed by atoms with Gasteiger partial charge in [-0.25, -0.2) is 0 Å². The standard InChI is InChI=1S/C25H52O/c1-4-6-8-10-12-13-14-15-16-17-19-21-23-25(3)26-24-22-20-18-11-9-7-5-2/h25H,4-24H2,1-3H3. The highest BCUT2D eigenvalue weighted by molar-refractivity contribution is 4.54. The number of unbranched alkanes of at least 4 members (excludes halogenated alkanes) is 17. The molecule has 0 fully saturated rings. The second-order valence-corrected chi connectivity index (χ2v) is 8.48. The van der Waals surface area contributed by atoms with Crippen LogP contribution >= 0.6 is 0 Å². The lowest BCUT2D eigenvalue weighted by Gasteiger charge is -2.13. The van der Waals surface area contributed by atoms with E-state index in [0.29, 0.717) is 6.10 Å². The van der Waals surface area contributed by atoms with Crippen LogP contribution in [-0.4, -0.2) is 12.7 Å². The first kappa shape index (κ1) is 26.0. The van der Waals surface area contributed by atoms with Crippen LogP contribution < -0.4 is 0 Å². The number of rotatable bonds is 22. The summed E-state index contributed by atoms with van der Waals surface area (Å²) in [6.45, 7) is 7.82. The highest BCUT2D eigenvalue weighted by Gasteiger charge is 2.02. The van der Waals surface area contributed by atoms with E-state index >= 15 is 0 Å². The summed E-state index contributed by atoms with van der Waals surface area (Å²) in [5.74, 6) is 0. The topological polar surface area (TPSA) is 9.23 Å². The molecule has 0 saturated carbocycles. The monoisotopic (exact) mass is 368 g/mol. The lowest BCUT2D eigenvalue weighted by molar-refractivity contribution is 0.0557. The number of hydrogen-bond donors (Lipinski definition) is 0. The second-order valence-electron chi connectivity index (χ2n) is 8.48. The molecule has 0 aromatic rings. The van der Waals surface area contributed by atoms with E-state index in [0.717, 1.165) is 6.61 Å². The van der Waals surface area contributed by atoms with Crippen molar-refractivity contribution < 1.29 is 4.74 Å². The van der Waals surface area contributed by atoms with Crippen molar-refractivity contribution in [3.8, 4) is 0 Å². The van der Waals surface area contributed by atoms with E-state index in [1.54, 1.807) is 0 Å². The van der Waals surface area contributed by atoms with Crippen LogP contribution in [0.5, 0.6) is 0 Å². The quantitative estimate of drug-likeness (QED) is 0.173. The molecule has 0 aromatic heterocycles. The lowest BCUT2D eigenvalue weighted by atomic mass is 10.0. The van der Waals surface area contributed by atoms with Crippen LogP contribution in [0.3, 0.4) is 0 Å². The van der Waals surface area contributed by atoms with Crippen molar-refractivity contribution in [3.05, 3.63) is 0 Å². The van der Waals surface area contributed by atoms with Gasteiger partial charge in [-0.2, -0.15) is 0 Å². The van der Waals surface area contributed by atoms with E-state index in [1.165, 1.54) is 128 Å². The van der Waals surface area contributed by atoms with E-state index in [1.807, 2.05) is 0 Å². The fraction of sp³-hybridized carbons (Fsp3) is 1.00. The molecule has 0 bridgehead atoms. The predicted molar refractivity (Wildman–Crippen MR) is 119 cm³/mol. The van der Waals surface area contributed by atoms with Gasteiger partial charge in [0, 0.05) is 6.61 Å². The zero-order valence-electron chi connectivity index (χ0n) is 18.8. The van der Waals surface area contributed by atoms with Gasteiger partial charge in [-0.1, -0.05) is 129 Å². The van der Waals surface area contributed by atoms with E-state index in [9.17, 15) is 0 Å². The summed E-state index contributed by atoms with van der Waals surface area (Å²) in [5, 5.41) is 0. The van der Waals surface area contributed by atoms with Gasteiger partial charge in [0.05, 0.1) is 6.10 Å². The molecule has 1 heteroatoms. The summed E-state index contributed by atoms with van der Waals surface area (Å²) >= 11 is 0. The van der Waals surface area contributed by atoms with Crippen molar-refractivity contribution in [2.45, 2.75) is 155 Å². The minimum Gasteiger partial charge on any atom is -0.379 e. The number of hydrogen-bond acceptors (Lipinski definition) is 1. The molecule has 0 aliphatic rings. The van der Waals surface area contributed by atoms with E-state index in [4.69, 9.17) is 4.74 Å². The molecule has 0 N–H and O–H groups in total. The number of ether oxygens (including phenoxy) is 1. The van der Waals surface area contributed by atoms with Crippen LogP contribution in [0.2, 0.25) is 0 Å². The summed E-state index contributed by atoms with van der Waals surface area (Å²) in [5.41, 5.74) is 0. The molecule has 26 heavy (non-hydrogen) atoms. The molecule has 0 aliphatic heterocycles. The zero-order chi connectivity index (χ0) is 19.1. The van der Waals surface area contributed by atoms with Gasteiger partial charge in [-0.15, -0.1) is 0 Å². The maximum absolute atomic E-state index is 5.97. The fourth-order valence-corrected chi connectivity index (χ4v) is 3.70. The lowest BCUT2D eigenvalue weighted by Crippen LogP contribution is -2.09.